The van der Waals surface area contributed by atoms with Gasteiger partial charge in [0.05, 0.1) is 0 Å². The summed E-state index contributed by atoms with van der Waals surface area (Å²) in [5.74, 6) is 0. The Bertz CT molecular complexity index is 274. The van der Waals surface area contributed by atoms with E-state index in [9.17, 15) is 0 Å². The minimum Gasteiger partial charge on any atom is -0.327 e. The summed E-state index contributed by atoms with van der Waals surface area (Å²) in [5, 5.41) is 0. The zero-order valence-corrected chi connectivity index (χ0v) is 10.0. The third-order valence-electron chi connectivity index (χ3n) is 2.82. The number of nitrogens with two attached hydrogens (primary N) is 1. The van der Waals surface area contributed by atoms with Crippen molar-refractivity contribution < 1.29 is 0 Å². The molecule has 0 fully saturated rings. The summed E-state index contributed by atoms with van der Waals surface area (Å²) in [6.45, 7) is 6.59. The maximum Gasteiger partial charge on any atom is 0.0299 e. The fraction of sp³-hybridized carbons (Fsp3) is 0.615. The second-order valence-electron chi connectivity index (χ2n) is 5.23. The van der Waals surface area contributed by atoms with Crippen molar-refractivity contribution in [1.82, 2.24) is 4.98 Å². The van der Waals surface area contributed by atoms with Gasteiger partial charge in [0, 0.05) is 18.4 Å². The van der Waals surface area contributed by atoms with Crippen LogP contribution in [0.1, 0.15) is 39.2 Å². The Morgan fingerprint density at radius 3 is 2.67 bits per heavy atom. The number of hydrogen-bond donors (Lipinski definition) is 1. The molecule has 15 heavy (non-hydrogen) atoms. The molecule has 0 aliphatic carbocycles. The van der Waals surface area contributed by atoms with E-state index in [0.29, 0.717) is 0 Å². The molecule has 84 valence electrons. The van der Waals surface area contributed by atoms with E-state index >= 15 is 0 Å². The first-order chi connectivity index (χ1) is 7.00. The Morgan fingerprint density at radius 1 is 1.40 bits per heavy atom. The van der Waals surface area contributed by atoms with Crippen LogP contribution in [0.25, 0.3) is 0 Å². The van der Waals surface area contributed by atoms with Crippen molar-refractivity contribution >= 4 is 0 Å². The summed E-state index contributed by atoms with van der Waals surface area (Å²) in [6.07, 6.45) is 7.05. The number of aromatic nitrogens is 1. The van der Waals surface area contributed by atoms with Crippen LogP contribution in [0.4, 0.5) is 0 Å². The highest BCUT2D eigenvalue weighted by Crippen LogP contribution is 2.21. The molecule has 1 rings (SSSR count). The van der Waals surface area contributed by atoms with E-state index in [1.165, 1.54) is 5.56 Å². The Morgan fingerprint density at radius 2 is 2.13 bits per heavy atom. The maximum atomic E-state index is 6.10. The SMILES string of the molecule is CC(C)(C)C(N)CCCc1cccnc1. The first-order valence-electron chi connectivity index (χ1n) is 5.64. The fourth-order valence-corrected chi connectivity index (χ4v) is 1.51. The van der Waals surface area contributed by atoms with Crippen molar-refractivity contribution in [1.29, 1.82) is 0 Å². The first kappa shape index (κ1) is 12.2. The maximum absolute atomic E-state index is 6.10. The molecule has 0 aliphatic rings. The lowest BCUT2D eigenvalue weighted by Gasteiger charge is -2.26. The fourth-order valence-electron chi connectivity index (χ4n) is 1.51. The summed E-state index contributed by atoms with van der Waals surface area (Å²) >= 11 is 0. The summed E-state index contributed by atoms with van der Waals surface area (Å²) in [6, 6.07) is 4.39. The predicted octanol–water partition coefficient (Wildman–Crippen LogP) is 2.78. The Labute approximate surface area is 92.9 Å². The molecule has 2 N–H and O–H groups in total. The van der Waals surface area contributed by atoms with E-state index in [4.69, 9.17) is 5.73 Å². The number of nitrogens with zero attached hydrogens (tertiary/aromatic N) is 1. The summed E-state index contributed by atoms with van der Waals surface area (Å²) in [4.78, 5) is 4.10. The average Bonchev–Trinajstić information content (AvgIpc) is 2.18. The van der Waals surface area contributed by atoms with Gasteiger partial charge in [-0.2, -0.15) is 0 Å². The molecule has 1 aromatic heterocycles. The van der Waals surface area contributed by atoms with Crippen LogP contribution < -0.4 is 5.73 Å². The molecule has 2 heteroatoms. The highest BCUT2D eigenvalue weighted by atomic mass is 14.7. The first-order valence-corrected chi connectivity index (χ1v) is 5.64. The zero-order chi connectivity index (χ0) is 11.3. The van der Waals surface area contributed by atoms with Crippen molar-refractivity contribution in [3.05, 3.63) is 30.1 Å². The highest BCUT2D eigenvalue weighted by molar-refractivity contribution is 5.08. The molecule has 1 unspecified atom stereocenters. The van der Waals surface area contributed by atoms with Crippen LogP contribution in [-0.4, -0.2) is 11.0 Å². The van der Waals surface area contributed by atoms with Crippen LogP contribution in [0.3, 0.4) is 0 Å². The van der Waals surface area contributed by atoms with E-state index in [1.54, 1.807) is 0 Å². The van der Waals surface area contributed by atoms with Gasteiger partial charge in [-0.1, -0.05) is 26.8 Å². The molecule has 0 saturated heterocycles. The van der Waals surface area contributed by atoms with E-state index in [0.717, 1.165) is 19.3 Å². The lowest BCUT2D eigenvalue weighted by atomic mass is 9.84. The molecule has 0 spiro atoms. The topological polar surface area (TPSA) is 38.9 Å². The quantitative estimate of drug-likeness (QED) is 0.822. The molecule has 0 saturated carbocycles. The van der Waals surface area contributed by atoms with Gasteiger partial charge in [0.25, 0.3) is 0 Å². The molecule has 1 heterocycles. The van der Waals surface area contributed by atoms with Crippen molar-refractivity contribution in [2.24, 2.45) is 11.1 Å². The lowest BCUT2D eigenvalue weighted by molar-refractivity contribution is 0.301. The van der Waals surface area contributed by atoms with Crippen LogP contribution in [0, 0.1) is 5.41 Å². The van der Waals surface area contributed by atoms with Crippen molar-refractivity contribution in [2.75, 3.05) is 0 Å². The Balaban J connectivity index is 2.28. The predicted molar refractivity (Wildman–Crippen MR) is 64.6 cm³/mol. The van der Waals surface area contributed by atoms with E-state index in [2.05, 4.69) is 31.8 Å². The number of aryl methyl sites for hydroxylation is 1. The molecule has 1 atom stereocenters. The van der Waals surface area contributed by atoms with Crippen LogP contribution >= 0.6 is 0 Å². The number of hydrogen-bond acceptors (Lipinski definition) is 2. The zero-order valence-electron chi connectivity index (χ0n) is 10.0. The summed E-state index contributed by atoms with van der Waals surface area (Å²) < 4.78 is 0. The van der Waals surface area contributed by atoms with Gasteiger partial charge in [0.1, 0.15) is 0 Å². The standard InChI is InChI=1S/C13H22N2/c1-13(2,3)12(14)8-4-6-11-7-5-9-15-10-11/h5,7,9-10,12H,4,6,8,14H2,1-3H3. The van der Waals surface area contributed by atoms with Gasteiger partial charge in [0.2, 0.25) is 0 Å². The van der Waals surface area contributed by atoms with E-state index < -0.39 is 0 Å². The smallest absolute Gasteiger partial charge is 0.0299 e. The third kappa shape index (κ3) is 4.43. The van der Waals surface area contributed by atoms with Crippen molar-refractivity contribution in [2.45, 2.75) is 46.1 Å². The molecular formula is C13H22N2. The van der Waals surface area contributed by atoms with E-state index in [-0.39, 0.29) is 11.5 Å². The average molecular weight is 206 g/mol. The Hall–Kier alpha value is -0.890. The van der Waals surface area contributed by atoms with Gasteiger partial charge in [-0.25, -0.2) is 0 Å². The van der Waals surface area contributed by atoms with Crippen LogP contribution in [-0.2, 0) is 6.42 Å². The monoisotopic (exact) mass is 206 g/mol. The Kier molecular flexibility index (Phi) is 4.28. The summed E-state index contributed by atoms with van der Waals surface area (Å²) in [7, 11) is 0. The second kappa shape index (κ2) is 5.26. The molecule has 1 aromatic rings. The largest absolute Gasteiger partial charge is 0.327 e. The van der Waals surface area contributed by atoms with Gasteiger partial charge in [0.15, 0.2) is 0 Å². The highest BCUT2D eigenvalue weighted by Gasteiger charge is 2.19. The molecule has 0 amide bonds. The summed E-state index contributed by atoms with van der Waals surface area (Å²) in [5.41, 5.74) is 7.62. The molecule has 0 aliphatic heterocycles. The number of pyridine rings is 1. The van der Waals surface area contributed by atoms with Gasteiger partial charge >= 0.3 is 0 Å². The molecule has 0 radical (unpaired) electrons. The van der Waals surface area contributed by atoms with Gasteiger partial charge in [-0.15, -0.1) is 0 Å². The van der Waals surface area contributed by atoms with Crippen LogP contribution in [0.2, 0.25) is 0 Å². The van der Waals surface area contributed by atoms with Crippen molar-refractivity contribution in [3.63, 3.8) is 0 Å². The van der Waals surface area contributed by atoms with Gasteiger partial charge < -0.3 is 5.73 Å². The minimum atomic E-state index is 0.217. The van der Waals surface area contributed by atoms with E-state index in [1.807, 2.05) is 18.5 Å². The normalized spacial score (nSPS) is 13.9. The number of rotatable bonds is 4. The second-order valence-corrected chi connectivity index (χ2v) is 5.23. The van der Waals surface area contributed by atoms with Crippen LogP contribution in [0.15, 0.2) is 24.5 Å². The van der Waals surface area contributed by atoms with Gasteiger partial charge in [-0.3, -0.25) is 4.98 Å². The molecule has 0 bridgehead atoms. The lowest BCUT2D eigenvalue weighted by Crippen LogP contribution is -2.34. The van der Waals surface area contributed by atoms with Crippen molar-refractivity contribution in [3.8, 4) is 0 Å². The molecule has 2 nitrogen and oxygen atoms in total. The molecule has 0 aromatic carbocycles. The third-order valence-corrected chi connectivity index (χ3v) is 2.82. The molecular weight excluding hydrogens is 184 g/mol. The minimum absolute atomic E-state index is 0.217. The van der Waals surface area contributed by atoms with Gasteiger partial charge in [-0.05, 0) is 36.3 Å². The van der Waals surface area contributed by atoms with Crippen LogP contribution in [0.5, 0.6) is 0 Å².